The Balaban J connectivity index is 2.91. The second kappa shape index (κ2) is 3.42. The van der Waals surface area contributed by atoms with Crippen molar-refractivity contribution in [1.82, 2.24) is 0 Å². The second-order valence-corrected chi connectivity index (χ2v) is 2.57. The molecule has 0 saturated heterocycles. The molecule has 10 heavy (non-hydrogen) atoms. The van der Waals surface area contributed by atoms with Gasteiger partial charge in [0.1, 0.15) is 5.75 Å². The van der Waals surface area contributed by atoms with Crippen molar-refractivity contribution in [2.45, 2.75) is 0 Å². The summed E-state index contributed by atoms with van der Waals surface area (Å²) in [6.45, 7) is 3.45. The minimum atomic E-state index is 0.789. The van der Waals surface area contributed by atoms with Gasteiger partial charge in [0, 0.05) is 0 Å². The fourth-order valence-electron chi connectivity index (χ4n) is 0.630. The van der Waals surface area contributed by atoms with Gasteiger partial charge in [-0.05, 0) is 28.1 Å². The maximum absolute atomic E-state index is 5.05. The highest BCUT2D eigenvalue weighted by molar-refractivity contribution is 9.10. The smallest absolute Gasteiger partial charge is 0.140 e. The Morgan fingerprint density at radius 3 is 2.70 bits per heavy atom. The van der Waals surface area contributed by atoms with Crippen LogP contribution in [0.1, 0.15) is 0 Å². The molecule has 0 spiro atoms. The largest absolute Gasteiger partial charge is 0.464 e. The molecule has 0 bridgehead atoms. The molecule has 1 nitrogen and oxygen atoms in total. The lowest BCUT2D eigenvalue weighted by atomic mass is 10.3. The van der Waals surface area contributed by atoms with E-state index in [0.29, 0.717) is 0 Å². The number of hydrogen-bond acceptors (Lipinski definition) is 1. The van der Waals surface area contributed by atoms with Crippen LogP contribution in [0.4, 0.5) is 0 Å². The van der Waals surface area contributed by atoms with Gasteiger partial charge in [0.15, 0.2) is 0 Å². The lowest BCUT2D eigenvalue weighted by Crippen LogP contribution is -1.80. The van der Waals surface area contributed by atoms with Gasteiger partial charge in [-0.2, -0.15) is 0 Å². The molecular formula is C8H7BrO. The van der Waals surface area contributed by atoms with Gasteiger partial charge in [-0.15, -0.1) is 0 Å². The molecule has 0 aliphatic heterocycles. The number of ether oxygens (including phenoxy) is 1. The van der Waals surface area contributed by atoms with Crippen molar-refractivity contribution in [3.05, 3.63) is 41.6 Å². The van der Waals surface area contributed by atoms with Crippen molar-refractivity contribution in [1.29, 1.82) is 0 Å². The molecule has 0 heterocycles. The molecule has 52 valence electrons. The Labute approximate surface area is 68.5 Å². The predicted octanol–water partition coefficient (Wildman–Crippen LogP) is 2.97. The highest BCUT2D eigenvalue weighted by Gasteiger charge is 1.94. The van der Waals surface area contributed by atoms with E-state index in [9.17, 15) is 0 Å². The van der Waals surface area contributed by atoms with Crippen LogP contribution in [-0.4, -0.2) is 0 Å². The van der Waals surface area contributed by atoms with Crippen LogP contribution < -0.4 is 4.74 Å². The summed E-state index contributed by atoms with van der Waals surface area (Å²) in [6, 6.07) is 7.62. The van der Waals surface area contributed by atoms with E-state index in [1.54, 1.807) is 0 Å². The first-order chi connectivity index (χ1) is 4.84. The van der Waals surface area contributed by atoms with E-state index >= 15 is 0 Å². The van der Waals surface area contributed by atoms with Gasteiger partial charge in [-0.1, -0.05) is 18.7 Å². The maximum atomic E-state index is 5.05. The summed E-state index contributed by atoms with van der Waals surface area (Å²) in [7, 11) is 0. The lowest BCUT2D eigenvalue weighted by Gasteiger charge is -1.99. The van der Waals surface area contributed by atoms with Gasteiger partial charge in [0.25, 0.3) is 0 Å². The monoisotopic (exact) mass is 198 g/mol. The first kappa shape index (κ1) is 7.35. The van der Waals surface area contributed by atoms with Gasteiger partial charge in [0.05, 0.1) is 10.7 Å². The van der Waals surface area contributed by atoms with E-state index < -0.39 is 0 Å². The minimum absolute atomic E-state index is 0.789. The molecule has 0 N–H and O–H groups in total. The SMILES string of the molecule is C=COc1ccccc1Br. The van der Waals surface area contributed by atoms with Gasteiger partial charge in [0.2, 0.25) is 0 Å². The molecule has 1 aromatic carbocycles. The van der Waals surface area contributed by atoms with E-state index in [1.807, 2.05) is 24.3 Å². The third-order valence-corrected chi connectivity index (χ3v) is 1.70. The molecule has 0 aliphatic carbocycles. The van der Waals surface area contributed by atoms with E-state index in [2.05, 4.69) is 22.5 Å². The minimum Gasteiger partial charge on any atom is -0.464 e. The summed E-state index contributed by atoms with van der Waals surface area (Å²) >= 11 is 3.32. The van der Waals surface area contributed by atoms with Crippen molar-refractivity contribution >= 4 is 15.9 Å². The lowest BCUT2D eigenvalue weighted by molar-refractivity contribution is 0.480. The standard InChI is InChI=1S/C8H7BrO/c1-2-10-8-6-4-3-5-7(8)9/h2-6H,1H2. The highest BCUT2D eigenvalue weighted by atomic mass is 79.9. The third kappa shape index (κ3) is 1.61. The van der Waals surface area contributed by atoms with E-state index in [0.717, 1.165) is 10.2 Å². The third-order valence-electron chi connectivity index (χ3n) is 1.05. The van der Waals surface area contributed by atoms with Gasteiger partial charge in [-0.3, -0.25) is 0 Å². The second-order valence-electron chi connectivity index (χ2n) is 1.71. The summed E-state index contributed by atoms with van der Waals surface area (Å²) in [6.07, 6.45) is 1.40. The molecule has 0 aliphatic rings. The zero-order valence-corrected chi connectivity index (χ0v) is 6.97. The van der Waals surface area contributed by atoms with Crippen molar-refractivity contribution < 1.29 is 4.74 Å². The van der Waals surface area contributed by atoms with E-state index in [1.165, 1.54) is 6.26 Å². The van der Waals surface area contributed by atoms with Crippen LogP contribution in [0, 0.1) is 0 Å². The van der Waals surface area contributed by atoms with Crippen molar-refractivity contribution in [3.63, 3.8) is 0 Å². The van der Waals surface area contributed by atoms with Crippen LogP contribution in [0.5, 0.6) is 5.75 Å². The van der Waals surface area contributed by atoms with Crippen LogP contribution in [0.15, 0.2) is 41.6 Å². The first-order valence-electron chi connectivity index (χ1n) is 2.86. The van der Waals surface area contributed by atoms with E-state index in [4.69, 9.17) is 4.74 Å². The van der Waals surface area contributed by atoms with Crippen LogP contribution in [0.2, 0.25) is 0 Å². The zero-order chi connectivity index (χ0) is 7.40. The Kier molecular flexibility index (Phi) is 2.51. The average Bonchev–Trinajstić information content (AvgIpc) is 1.94. The maximum Gasteiger partial charge on any atom is 0.140 e. The molecule has 1 aromatic rings. The molecule has 0 aromatic heterocycles. The quantitative estimate of drug-likeness (QED) is 0.665. The molecule has 0 amide bonds. The van der Waals surface area contributed by atoms with Crippen LogP contribution in [-0.2, 0) is 0 Å². The van der Waals surface area contributed by atoms with Crippen molar-refractivity contribution in [2.75, 3.05) is 0 Å². The zero-order valence-electron chi connectivity index (χ0n) is 5.38. The summed E-state index contributed by atoms with van der Waals surface area (Å²) in [4.78, 5) is 0. The summed E-state index contributed by atoms with van der Waals surface area (Å²) < 4.78 is 5.99. The molecule has 0 saturated carbocycles. The van der Waals surface area contributed by atoms with Crippen LogP contribution in [0.25, 0.3) is 0 Å². The topological polar surface area (TPSA) is 9.23 Å². The number of para-hydroxylation sites is 1. The fraction of sp³-hybridized carbons (Fsp3) is 0. The van der Waals surface area contributed by atoms with Crippen LogP contribution >= 0.6 is 15.9 Å². The van der Waals surface area contributed by atoms with Crippen LogP contribution in [0.3, 0.4) is 0 Å². The fourth-order valence-corrected chi connectivity index (χ4v) is 1.01. The molecule has 0 unspecified atom stereocenters. The Hall–Kier alpha value is -0.760. The Morgan fingerprint density at radius 1 is 1.40 bits per heavy atom. The van der Waals surface area contributed by atoms with Gasteiger partial charge < -0.3 is 4.74 Å². The summed E-state index contributed by atoms with van der Waals surface area (Å²) in [5.41, 5.74) is 0. The number of rotatable bonds is 2. The molecule has 0 atom stereocenters. The van der Waals surface area contributed by atoms with Crippen molar-refractivity contribution in [3.8, 4) is 5.75 Å². The number of hydrogen-bond donors (Lipinski definition) is 0. The van der Waals surface area contributed by atoms with Crippen molar-refractivity contribution in [2.24, 2.45) is 0 Å². The molecule has 2 heteroatoms. The van der Waals surface area contributed by atoms with Gasteiger partial charge >= 0.3 is 0 Å². The summed E-state index contributed by atoms with van der Waals surface area (Å²) in [5, 5.41) is 0. The average molecular weight is 199 g/mol. The first-order valence-corrected chi connectivity index (χ1v) is 3.66. The summed E-state index contributed by atoms with van der Waals surface area (Å²) in [5.74, 6) is 0.789. The Bertz CT molecular complexity index is 232. The Morgan fingerprint density at radius 2 is 2.10 bits per heavy atom. The van der Waals surface area contributed by atoms with E-state index in [-0.39, 0.29) is 0 Å². The highest BCUT2D eigenvalue weighted by Crippen LogP contribution is 2.23. The molecule has 1 rings (SSSR count). The van der Waals surface area contributed by atoms with Gasteiger partial charge in [-0.25, -0.2) is 0 Å². The number of benzene rings is 1. The molecule has 0 fully saturated rings. The molecule has 0 radical (unpaired) electrons. The predicted molar refractivity (Wildman–Crippen MR) is 45.0 cm³/mol. The number of halogens is 1. The normalized spacial score (nSPS) is 8.90. The molecular weight excluding hydrogens is 192 g/mol.